The number of carbonyl (C=O) groups is 1. The summed E-state index contributed by atoms with van der Waals surface area (Å²) in [6, 6.07) is 12.6. The molecule has 8 heteroatoms. The highest BCUT2D eigenvalue weighted by Crippen LogP contribution is 2.23. The molecule has 3 rings (SSSR count). The van der Waals surface area contributed by atoms with Gasteiger partial charge in [0.05, 0.1) is 6.54 Å². The van der Waals surface area contributed by atoms with Crippen LogP contribution in [0.15, 0.2) is 48.5 Å². The van der Waals surface area contributed by atoms with Crippen molar-refractivity contribution in [3.63, 3.8) is 0 Å². The van der Waals surface area contributed by atoms with Crippen molar-refractivity contribution in [2.75, 3.05) is 18.4 Å². The van der Waals surface area contributed by atoms with Gasteiger partial charge in [-0.25, -0.2) is 4.79 Å². The molecule has 2 amide bonds. The van der Waals surface area contributed by atoms with Crippen LogP contribution in [0.5, 0.6) is 11.5 Å². The molecule has 0 aromatic heterocycles. The standard InChI is InChI=1S/C18H17ClF2N2O3/c19-12-2-1-3-15(10-12)25-16-8-9-23(11-16)18(24)22-13-4-6-14(7-5-13)26-17(20)21/h1-7,10,16-17H,8-9,11H2,(H,22,24)/t16-/m0/s1. The van der Waals surface area contributed by atoms with Crippen molar-refractivity contribution < 1.29 is 23.0 Å². The summed E-state index contributed by atoms with van der Waals surface area (Å²) in [5.74, 6) is 0.702. The Labute approximate surface area is 154 Å². The first kappa shape index (κ1) is 18.3. The van der Waals surface area contributed by atoms with Gasteiger partial charge in [0.15, 0.2) is 0 Å². The molecule has 0 spiro atoms. The maximum absolute atomic E-state index is 12.3. The zero-order valence-corrected chi connectivity index (χ0v) is 14.5. The van der Waals surface area contributed by atoms with E-state index in [1.165, 1.54) is 24.3 Å². The lowest BCUT2D eigenvalue weighted by atomic mass is 10.3. The van der Waals surface area contributed by atoms with E-state index in [4.69, 9.17) is 16.3 Å². The predicted octanol–water partition coefficient (Wildman–Crippen LogP) is 4.63. The first-order valence-electron chi connectivity index (χ1n) is 8.02. The summed E-state index contributed by atoms with van der Waals surface area (Å²) in [5.41, 5.74) is 0.496. The van der Waals surface area contributed by atoms with E-state index >= 15 is 0 Å². The van der Waals surface area contributed by atoms with Crippen molar-refractivity contribution in [1.82, 2.24) is 4.90 Å². The molecule has 0 bridgehead atoms. The molecule has 0 unspecified atom stereocenters. The van der Waals surface area contributed by atoms with Crippen molar-refractivity contribution in [3.05, 3.63) is 53.6 Å². The number of rotatable bonds is 5. The van der Waals surface area contributed by atoms with Gasteiger partial charge >= 0.3 is 12.6 Å². The van der Waals surface area contributed by atoms with E-state index in [1.807, 2.05) is 6.07 Å². The Morgan fingerprint density at radius 3 is 2.65 bits per heavy atom. The van der Waals surface area contributed by atoms with E-state index in [-0.39, 0.29) is 17.9 Å². The highest BCUT2D eigenvalue weighted by molar-refractivity contribution is 6.30. The average molecular weight is 383 g/mol. The fourth-order valence-corrected chi connectivity index (χ4v) is 2.84. The van der Waals surface area contributed by atoms with Gasteiger partial charge in [0, 0.05) is 23.7 Å². The number of ether oxygens (including phenoxy) is 2. The molecule has 0 radical (unpaired) electrons. The first-order chi connectivity index (χ1) is 12.5. The van der Waals surface area contributed by atoms with Crippen LogP contribution in [0, 0.1) is 0 Å². The molecule has 1 heterocycles. The molecule has 2 aromatic carbocycles. The molecule has 1 aliphatic rings. The molecule has 1 aliphatic heterocycles. The van der Waals surface area contributed by atoms with Crippen molar-refractivity contribution in [1.29, 1.82) is 0 Å². The third kappa shape index (κ3) is 4.98. The summed E-state index contributed by atoms with van der Waals surface area (Å²) >= 11 is 5.93. The van der Waals surface area contributed by atoms with Gasteiger partial charge in [-0.1, -0.05) is 17.7 Å². The lowest BCUT2D eigenvalue weighted by Crippen LogP contribution is -2.34. The number of anilines is 1. The minimum absolute atomic E-state index is 0.0363. The van der Waals surface area contributed by atoms with Crippen LogP contribution in [0.2, 0.25) is 5.02 Å². The Morgan fingerprint density at radius 1 is 1.19 bits per heavy atom. The second kappa shape index (κ2) is 8.23. The number of alkyl halides is 2. The summed E-state index contributed by atoms with van der Waals surface area (Å²) in [7, 11) is 0. The van der Waals surface area contributed by atoms with Gasteiger partial charge in [0.1, 0.15) is 17.6 Å². The molecule has 0 aliphatic carbocycles. The van der Waals surface area contributed by atoms with E-state index < -0.39 is 6.61 Å². The number of urea groups is 1. The van der Waals surface area contributed by atoms with Gasteiger partial charge in [-0.15, -0.1) is 0 Å². The predicted molar refractivity (Wildman–Crippen MR) is 94.2 cm³/mol. The lowest BCUT2D eigenvalue weighted by molar-refractivity contribution is -0.0498. The molecule has 1 saturated heterocycles. The minimum atomic E-state index is -2.88. The first-order valence-corrected chi connectivity index (χ1v) is 8.40. The number of hydrogen-bond donors (Lipinski definition) is 1. The van der Waals surface area contributed by atoms with Crippen LogP contribution >= 0.6 is 11.6 Å². The largest absolute Gasteiger partial charge is 0.488 e. The monoisotopic (exact) mass is 382 g/mol. The normalized spacial score (nSPS) is 16.6. The topological polar surface area (TPSA) is 50.8 Å². The molecular weight excluding hydrogens is 366 g/mol. The van der Waals surface area contributed by atoms with Crippen molar-refractivity contribution in [2.24, 2.45) is 0 Å². The molecule has 26 heavy (non-hydrogen) atoms. The number of benzene rings is 2. The van der Waals surface area contributed by atoms with Gasteiger partial charge in [-0.05, 0) is 42.5 Å². The fraction of sp³-hybridized carbons (Fsp3) is 0.278. The average Bonchev–Trinajstić information content (AvgIpc) is 3.05. The summed E-state index contributed by atoms with van der Waals surface area (Å²) in [4.78, 5) is 14.0. The third-order valence-corrected chi connectivity index (χ3v) is 4.10. The van der Waals surface area contributed by atoms with Crippen molar-refractivity contribution in [2.45, 2.75) is 19.1 Å². The van der Waals surface area contributed by atoms with E-state index in [0.717, 1.165) is 0 Å². The highest BCUT2D eigenvalue weighted by Gasteiger charge is 2.27. The van der Waals surface area contributed by atoms with Gasteiger partial charge in [0.25, 0.3) is 0 Å². The van der Waals surface area contributed by atoms with E-state index in [9.17, 15) is 13.6 Å². The van der Waals surface area contributed by atoms with E-state index in [0.29, 0.717) is 36.0 Å². The number of carbonyl (C=O) groups excluding carboxylic acids is 1. The highest BCUT2D eigenvalue weighted by atomic mass is 35.5. The Balaban J connectivity index is 1.51. The summed E-state index contributed by atoms with van der Waals surface area (Å²) in [5, 5.41) is 3.32. The maximum atomic E-state index is 12.3. The molecule has 5 nitrogen and oxygen atoms in total. The molecule has 0 saturated carbocycles. The van der Waals surface area contributed by atoms with Gasteiger partial charge in [-0.3, -0.25) is 0 Å². The van der Waals surface area contributed by atoms with Crippen molar-refractivity contribution >= 4 is 23.3 Å². The maximum Gasteiger partial charge on any atom is 0.387 e. The summed E-state index contributed by atoms with van der Waals surface area (Å²) in [6.07, 6.45) is 0.599. The Hall–Kier alpha value is -2.54. The second-order valence-corrected chi connectivity index (χ2v) is 6.20. The Morgan fingerprint density at radius 2 is 1.96 bits per heavy atom. The number of hydrogen-bond acceptors (Lipinski definition) is 3. The molecule has 2 aromatic rings. The number of nitrogens with one attached hydrogen (secondary N) is 1. The minimum Gasteiger partial charge on any atom is -0.488 e. The number of nitrogens with zero attached hydrogens (tertiary/aromatic N) is 1. The Kier molecular flexibility index (Phi) is 5.78. The summed E-state index contributed by atoms with van der Waals surface area (Å²) < 4.78 is 34.4. The fourth-order valence-electron chi connectivity index (χ4n) is 2.66. The van der Waals surface area contributed by atoms with Gasteiger partial charge < -0.3 is 19.7 Å². The number of likely N-dealkylation sites (tertiary alicyclic amines) is 1. The van der Waals surface area contributed by atoms with Crippen LogP contribution in [0.25, 0.3) is 0 Å². The number of amides is 2. The van der Waals surface area contributed by atoms with E-state index in [2.05, 4.69) is 10.1 Å². The lowest BCUT2D eigenvalue weighted by Gasteiger charge is -2.18. The van der Waals surface area contributed by atoms with Crippen LogP contribution in [-0.2, 0) is 0 Å². The quantitative estimate of drug-likeness (QED) is 0.820. The zero-order valence-electron chi connectivity index (χ0n) is 13.7. The Bertz CT molecular complexity index is 758. The van der Waals surface area contributed by atoms with Crippen LogP contribution in [0.1, 0.15) is 6.42 Å². The van der Waals surface area contributed by atoms with Gasteiger partial charge in [0.2, 0.25) is 0 Å². The number of halogens is 3. The van der Waals surface area contributed by atoms with Crippen LogP contribution in [0.4, 0.5) is 19.3 Å². The van der Waals surface area contributed by atoms with Crippen molar-refractivity contribution in [3.8, 4) is 11.5 Å². The molecule has 138 valence electrons. The van der Waals surface area contributed by atoms with E-state index in [1.54, 1.807) is 23.1 Å². The molecule has 1 fully saturated rings. The summed E-state index contributed by atoms with van der Waals surface area (Å²) in [6.45, 7) is -1.87. The zero-order chi connectivity index (χ0) is 18.5. The van der Waals surface area contributed by atoms with Crippen LogP contribution < -0.4 is 14.8 Å². The SMILES string of the molecule is O=C(Nc1ccc(OC(F)F)cc1)N1CC[C@H](Oc2cccc(Cl)c2)C1. The second-order valence-electron chi connectivity index (χ2n) is 5.76. The molecule has 1 N–H and O–H groups in total. The van der Waals surface area contributed by atoms with Crippen LogP contribution in [0.3, 0.4) is 0 Å². The van der Waals surface area contributed by atoms with Crippen LogP contribution in [-0.4, -0.2) is 36.7 Å². The smallest absolute Gasteiger partial charge is 0.387 e. The van der Waals surface area contributed by atoms with Gasteiger partial charge in [-0.2, -0.15) is 8.78 Å². The third-order valence-electron chi connectivity index (χ3n) is 3.86. The molecular formula is C18H17ClF2N2O3. The molecule has 1 atom stereocenters.